The third-order valence-electron chi connectivity index (χ3n) is 15.3. The molecule has 2 aliphatic carbocycles. The Balaban J connectivity index is 0.670. The van der Waals surface area contributed by atoms with Gasteiger partial charge in [0.2, 0.25) is 17.7 Å². The maximum atomic E-state index is 13.9. The monoisotopic (exact) mass is 1020 g/mol. The Hall–Kier alpha value is -6.73. The van der Waals surface area contributed by atoms with Crippen LogP contribution in [0.1, 0.15) is 98.2 Å². The summed E-state index contributed by atoms with van der Waals surface area (Å²) in [7, 11) is 3.88. The molecule has 18 nitrogen and oxygen atoms in total. The molecule has 9 rings (SSSR count). The number of imidazole rings is 1. The number of nitrogens with one attached hydrogen (secondary N) is 3. The van der Waals surface area contributed by atoms with E-state index in [9.17, 15) is 24.0 Å². The molecule has 2 aliphatic heterocycles. The Kier molecular flexibility index (Phi) is 17.5. The number of nitrogens with zero attached hydrogens (tertiary/aromatic N) is 7. The third-order valence-corrected chi connectivity index (χ3v) is 15.3. The Labute approximate surface area is 438 Å². The highest BCUT2D eigenvalue weighted by Gasteiger charge is 2.37. The SMILES string of the molecule is CN1CCN(CC2(CO[C@H]3CCC[C@@H]3NC(=O)c3cc(-c4cnn(CCCCC(=O)NCCCOCCCc5ccc6c(c5)n(C)c(=O)n6C5CCC(=O)NC5=O)c4)cnc3N)C=CC(c3ccccc3)=CC2)CC1. The van der Waals surface area contributed by atoms with Gasteiger partial charge in [-0.15, -0.1) is 0 Å². The van der Waals surface area contributed by atoms with Gasteiger partial charge in [-0.05, 0) is 106 Å². The quantitative estimate of drug-likeness (QED) is 0.0477. The molecule has 1 saturated carbocycles. The van der Waals surface area contributed by atoms with Crippen molar-refractivity contribution >= 4 is 46.1 Å². The second-order valence-corrected chi connectivity index (χ2v) is 20.9. The lowest BCUT2D eigenvalue weighted by molar-refractivity contribution is -0.135. The van der Waals surface area contributed by atoms with Gasteiger partial charge in [-0.1, -0.05) is 54.6 Å². The van der Waals surface area contributed by atoms with Crippen LogP contribution in [-0.2, 0) is 43.9 Å². The van der Waals surface area contributed by atoms with Crippen LogP contribution < -0.4 is 27.4 Å². The number of hydrogen-bond donors (Lipinski definition) is 4. The van der Waals surface area contributed by atoms with Gasteiger partial charge in [-0.25, -0.2) is 9.78 Å². The number of amides is 4. The van der Waals surface area contributed by atoms with Crippen LogP contribution in [0.2, 0.25) is 0 Å². The van der Waals surface area contributed by atoms with Gasteiger partial charge in [-0.3, -0.25) is 43.2 Å². The van der Waals surface area contributed by atoms with Crippen LogP contribution in [0.3, 0.4) is 0 Å². The summed E-state index contributed by atoms with van der Waals surface area (Å²) < 4.78 is 17.5. The molecular weight excluding hydrogens is 951 g/mol. The molecule has 3 fully saturated rings. The number of nitrogen functional groups attached to an aromatic ring is 1. The van der Waals surface area contributed by atoms with E-state index in [0.717, 1.165) is 99.9 Å². The Morgan fingerprint density at radius 1 is 0.893 bits per heavy atom. The Bertz CT molecular complexity index is 2940. The van der Waals surface area contributed by atoms with E-state index in [1.165, 1.54) is 15.7 Å². The van der Waals surface area contributed by atoms with Gasteiger partial charge >= 0.3 is 5.69 Å². The number of anilines is 1. The molecule has 0 bridgehead atoms. The normalized spacial score (nSPS) is 21.4. The minimum absolute atomic E-state index is 0.00295. The van der Waals surface area contributed by atoms with Crippen molar-refractivity contribution in [3.05, 3.63) is 119 Å². The van der Waals surface area contributed by atoms with Crippen molar-refractivity contribution in [2.24, 2.45) is 12.5 Å². The Morgan fingerprint density at radius 2 is 1.72 bits per heavy atom. The summed E-state index contributed by atoms with van der Waals surface area (Å²) in [6.45, 7) is 7.94. The van der Waals surface area contributed by atoms with E-state index in [1.54, 1.807) is 30.1 Å². The molecule has 0 spiro atoms. The lowest BCUT2D eigenvalue weighted by Crippen LogP contribution is -2.50. The molecular formula is C57H73N11O7. The number of benzene rings is 2. The summed E-state index contributed by atoms with van der Waals surface area (Å²) in [6.07, 6.45) is 20.4. The minimum Gasteiger partial charge on any atom is -0.383 e. The summed E-state index contributed by atoms with van der Waals surface area (Å²) in [6, 6.07) is 17.3. The standard InChI is InChI=1S/C57H73N11O7/c1-64-27-29-66(30-28-64)38-57(23-21-42(22-24-57)41-12-4-3-5-13-41)39-75-50-15-8-14-46(50)62-54(71)45-34-43(35-60-53(45)58)44-36-61-67(37-44)26-7-6-16-51(69)59-25-10-32-74-31-9-11-40-17-18-47-49(33-40)65(2)56(73)68(47)48-19-20-52(70)63-55(48)72/h3-5,12-13,17-18,21-23,33-37,46,48,50H,6-11,14-16,19-20,24-32,38-39H2,1-2H3,(H2,58,60)(H,59,69)(H,62,71)(H,63,70,72)/t46-,48?,50-,57?/m0/s1. The number of imide groups is 1. The largest absolute Gasteiger partial charge is 0.383 e. The number of rotatable bonds is 23. The summed E-state index contributed by atoms with van der Waals surface area (Å²) in [5, 5.41) is 13.1. The number of piperazine rings is 1. The molecule has 4 aliphatic rings. The van der Waals surface area contributed by atoms with Gasteiger partial charge in [0, 0.05) is 108 Å². The molecule has 5 aromatic rings. The number of hydrogen-bond acceptors (Lipinski definition) is 12. The second kappa shape index (κ2) is 24.7. The molecule has 5 N–H and O–H groups in total. The predicted octanol–water partition coefficient (Wildman–Crippen LogP) is 5.43. The highest BCUT2D eigenvalue weighted by atomic mass is 16.5. The fraction of sp³-hybridized carbons (Fsp3) is 0.491. The molecule has 75 heavy (non-hydrogen) atoms. The number of likely N-dealkylation sites (N-methyl/N-ethyl adjacent to an activating group) is 1. The Morgan fingerprint density at radius 3 is 2.52 bits per heavy atom. The maximum Gasteiger partial charge on any atom is 0.329 e. The predicted molar refractivity (Wildman–Crippen MR) is 288 cm³/mol. The van der Waals surface area contributed by atoms with Crippen LogP contribution in [0, 0.1) is 5.41 Å². The number of ether oxygens (including phenoxy) is 2. The lowest BCUT2D eigenvalue weighted by atomic mass is 9.79. The average molecular weight is 1020 g/mol. The van der Waals surface area contributed by atoms with Crippen molar-refractivity contribution in [2.45, 2.75) is 102 Å². The summed E-state index contributed by atoms with van der Waals surface area (Å²) in [5.41, 5.74) is 12.7. The second-order valence-electron chi connectivity index (χ2n) is 20.9. The van der Waals surface area contributed by atoms with E-state index < -0.39 is 11.9 Å². The lowest BCUT2D eigenvalue weighted by Gasteiger charge is -2.41. The first-order valence-corrected chi connectivity index (χ1v) is 26.9. The minimum atomic E-state index is -0.710. The van der Waals surface area contributed by atoms with Gasteiger partial charge in [0.25, 0.3) is 5.91 Å². The molecule has 0 radical (unpaired) electrons. The number of nitrogens with two attached hydrogens (primary N) is 1. The van der Waals surface area contributed by atoms with Gasteiger partial charge < -0.3 is 30.7 Å². The van der Waals surface area contributed by atoms with Crippen molar-refractivity contribution < 1.29 is 28.7 Å². The smallest absolute Gasteiger partial charge is 0.329 e. The van der Waals surface area contributed by atoms with E-state index in [0.29, 0.717) is 69.7 Å². The third kappa shape index (κ3) is 13.4. The molecule has 5 heterocycles. The van der Waals surface area contributed by atoms with Gasteiger partial charge in [-0.2, -0.15) is 5.10 Å². The molecule has 3 aromatic heterocycles. The number of piperidine rings is 1. The summed E-state index contributed by atoms with van der Waals surface area (Å²) in [5.74, 6) is -0.852. The van der Waals surface area contributed by atoms with Crippen LogP contribution in [0.5, 0.6) is 0 Å². The van der Waals surface area contributed by atoms with E-state index in [2.05, 4.69) is 85.4 Å². The zero-order valence-electron chi connectivity index (χ0n) is 43.5. The van der Waals surface area contributed by atoms with Crippen molar-refractivity contribution in [1.82, 2.24) is 49.6 Å². The number of carbonyl (C=O) groups excluding carboxylic acids is 4. The highest BCUT2D eigenvalue weighted by Crippen LogP contribution is 2.37. The molecule has 398 valence electrons. The first-order valence-electron chi connectivity index (χ1n) is 26.9. The first-order chi connectivity index (χ1) is 36.4. The van der Waals surface area contributed by atoms with Gasteiger partial charge in [0.05, 0.1) is 41.5 Å². The fourth-order valence-electron chi connectivity index (χ4n) is 10.9. The first kappa shape index (κ1) is 53.1. The summed E-state index contributed by atoms with van der Waals surface area (Å²) >= 11 is 0. The molecule has 4 atom stereocenters. The van der Waals surface area contributed by atoms with E-state index >= 15 is 0 Å². The van der Waals surface area contributed by atoms with Gasteiger partial charge in [0.1, 0.15) is 11.9 Å². The number of aromatic nitrogens is 5. The maximum absolute atomic E-state index is 13.9. The van der Waals surface area contributed by atoms with Crippen LogP contribution in [-0.4, -0.2) is 136 Å². The van der Waals surface area contributed by atoms with Crippen molar-refractivity contribution in [2.75, 3.05) is 71.9 Å². The van der Waals surface area contributed by atoms with Crippen LogP contribution >= 0.6 is 0 Å². The van der Waals surface area contributed by atoms with Crippen molar-refractivity contribution in [3.63, 3.8) is 0 Å². The van der Waals surface area contributed by atoms with Crippen molar-refractivity contribution in [3.8, 4) is 11.1 Å². The molecule has 4 amide bonds. The van der Waals surface area contributed by atoms with Crippen LogP contribution in [0.25, 0.3) is 27.7 Å². The zero-order chi connectivity index (χ0) is 52.3. The molecule has 18 heteroatoms. The molecule has 2 aromatic carbocycles. The van der Waals surface area contributed by atoms with Crippen LogP contribution in [0.15, 0.2) is 96.2 Å². The van der Waals surface area contributed by atoms with E-state index in [-0.39, 0.29) is 53.2 Å². The number of pyridine rings is 1. The average Bonchev–Trinajstić information content (AvgIpc) is 4.15. The van der Waals surface area contributed by atoms with Crippen molar-refractivity contribution in [1.29, 1.82) is 0 Å². The molecule has 2 unspecified atom stereocenters. The van der Waals surface area contributed by atoms with Gasteiger partial charge in [0.15, 0.2) is 0 Å². The zero-order valence-corrected chi connectivity index (χ0v) is 43.5. The fourth-order valence-corrected chi connectivity index (χ4v) is 10.9. The molecule has 2 saturated heterocycles. The topological polar surface area (TPSA) is 213 Å². The number of carbonyl (C=O) groups is 4. The number of allylic oxidation sites excluding steroid dienone is 3. The number of fused-ring (bicyclic) bond motifs is 1. The van der Waals surface area contributed by atoms with Crippen LogP contribution in [0.4, 0.5) is 5.82 Å². The number of aryl methyl sites for hydroxylation is 3. The summed E-state index contributed by atoms with van der Waals surface area (Å²) in [4.78, 5) is 73.0. The number of unbranched alkanes of at least 4 members (excludes halogenated alkanes) is 1. The van der Waals surface area contributed by atoms with E-state index in [1.807, 2.05) is 35.1 Å². The highest BCUT2D eigenvalue weighted by molar-refractivity contribution is 6.00. The van der Waals surface area contributed by atoms with E-state index in [4.69, 9.17) is 15.2 Å².